The molecule has 0 spiro atoms. The molecule has 2 N–H and O–H groups in total. The van der Waals surface area contributed by atoms with Gasteiger partial charge in [0.2, 0.25) is 0 Å². The Morgan fingerprint density at radius 3 is 2.45 bits per heavy atom. The number of hydrogen-bond acceptors (Lipinski definition) is 4. The van der Waals surface area contributed by atoms with Crippen LogP contribution in [0.3, 0.4) is 0 Å². The third kappa shape index (κ3) is 3.96. The van der Waals surface area contributed by atoms with Crippen LogP contribution in [0.25, 0.3) is 10.8 Å². The van der Waals surface area contributed by atoms with Crippen LogP contribution in [-0.4, -0.2) is 24.7 Å². The lowest BCUT2D eigenvalue weighted by atomic mass is 10.1. The Morgan fingerprint density at radius 1 is 1.18 bits per heavy atom. The first-order chi connectivity index (χ1) is 10.1. The summed E-state index contributed by atoms with van der Waals surface area (Å²) in [6.07, 6.45) is -0.641. The van der Waals surface area contributed by atoms with Gasteiger partial charge in [0.05, 0.1) is 10.6 Å². The van der Waals surface area contributed by atoms with Gasteiger partial charge in [0.25, 0.3) is 10.1 Å². The smallest absolute Gasteiger partial charge is 0.412 e. The standard InChI is InChI=1S/C15H17NO5S/c1-15(2,3)21-14(17)16-13-6-4-5-10-7-8-11(9-12(10)13)22(18,19)20/h4-9H,1-3H3,(H,16,17)(H,18,19,20). The second kappa shape index (κ2) is 5.58. The van der Waals surface area contributed by atoms with E-state index in [-0.39, 0.29) is 4.90 Å². The van der Waals surface area contributed by atoms with Gasteiger partial charge < -0.3 is 4.74 Å². The van der Waals surface area contributed by atoms with Crippen LogP contribution in [0.2, 0.25) is 0 Å². The number of fused-ring (bicyclic) bond motifs is 1. The highest BCUT2D eigenvalue weighted by Crippen LogP contribution is 2.26. The van der Waals surface area contributed by atoms with E-state index in [0.717, 1.165) is 5.39 Å². The van der Waals surface area contributed by atoms with E-state index in [1.165, 1.54) is 12.1 Å². The van der Waals surface area contributed by atoms with Crippen molar-refractivity contribution in [1.82, 2.24) is 0 Å². The maximum Gasteiger partial charge on any atom is 0.412 e. The summed E-state index contributed by atoms with van der Waals surface area (Å²) in [5, 5.41) is 3.79. The largest absolute Gasteiger partial charge is 0.444 e. The van der Waals surface area contributed by atoms with Crippen molar-refractivity contribution in [2.75, 3.05) is 5.32 Å². The number of nitrogens with one attached hydrogen (secondary N) is 1. The van der Waals surface area contributed by atoms with Crippen LogP contribution in [0.4, 0.5) is 10.5 Å². The van der Waals surface area contributed by atoms with Crippen LogP contribution in [0.5, 0.6) is 0 Å². The molecule has 6 nitrogen and oxygen atoms in total. The molecule has 22 heavy (non-hydrogen) atoms. The summed E-state index contributed by atoms with van der Waals surface area (Å²) >= 11 is 0. The third-order valence-corrected chi connectivity index (χ3v) is 3.64. The zero-order valence-electron chi connectivity index (χ0n) is 12.5. The number of amides is 1. The summed E-state index contributed by atoms with van der Waals surface area (Å²) in [5.41, 5.74) is -0.244. The van der Waals surface area contributed by atoms with Gasteiger partial charge in [-0.25, -0.2) is 4.79 Å². The highest BCUT2D eigenvalue weighted by molar-refractivity contribution is 7.85. The number of hydrogen-bond donors (Lipinski definition) is 2. The van der Waals surface area contributed by atoms with Crippen molar-refractivity contribution in [1.29, 1.82) is 0 Å². The number of anilines is 1. The van der Waals surface area contributed by atoms with Crippen molar-refractivity contribution in [2.45, 2.75) is 31.3 Å². The molecule has 0 radical (unpaired) electrons. The molecule has 2 rings (SSSR count). The molecule has 0 aromatic heterocycles. The van der Waals surface area contributed by atoms with Crippen molar-refractivity contribution < 1.29 is 22.5 Å². The molecule has 0 saturated carbocycles. The molecule has 0 aliphatic heterocycles. The lowest BCUT2D eigenvalue weighted by molar-refractivity contribution is 0.0636. The first kappa shape index (κ1) is 16.3. The minimum absolute atomic E-state index is 0.238. The van der Waals surface area contributed by atoms with Gasteiger partial charge >= 0.3 is 6.09 Å². The molecule has 1 amide bonds. The summed E-state index contributed by atoms with van der Waals surface area (Å²) in [7, 11) is -4.31. The SMILES string of the molecule is CC(C)(C)OC(=O)Nc1cccc2ccc(S(=O)(=O)O)cc12. The van der Waals surface area contributed by atoms with Gasteiger partial charge in [-0.1, -0.05) is 18.2 Å². The zero-order valence-corrected chi connectivity index (χ0v) is 13.3. The van der Waals surface area contributed by atoms with Gasteiger partial charge in [-0.15, -0.1) is 0 Å². The Labute approximate surface area is 128 Å². The highest BCUT2D eigenvalue weighted by Gasteiger charge is 2.17. The average Bonchev–Trinajstić information content (AvgIpc) is 2.35. The number of rotatable bonds is 2. The number of carbonyl (C=O) groups excluding carboxylic acids is 1. The number of carbonyl (C=O) groups is 1. The van der Waals surface area contributed by atoms with Crippen molar-refractivity contribution in [3.63, 3.8) is 0 Å². The maximum atomic E-state index is 11.9. The monoisotopic (exact) mass is 323 g/mol. The summed E-state index contributed by atoms with van der Waals surface area (Å²) in [6.45, 7) is 5.23. The molecule has 0 aliphatic rings. The van der Waals surface area contributed by atoms with Crippen LogP contribution >= 0.6 is 0 Å². The molecule has 118 valence electrons. The molecule has 2 aromatic rings. The quantitative estimate of drug-likeness (QED) is 0.826. The molecule has 0 atom stereocenters. The van der Waals surface area contributed by atoms with E-state index in [0.29, 0.717) is 11.1 Å². The van der Waals surface area contributed by atoms with Crippen molar-refractivity contribution >= 4 is 32.7 Å². The molecule has 0 saturated heterocycles. The second-order valence-electron chi connectivity index (χ2n) is 5.79. The Kier molecular flexibility index (Phi) is 4.12. The van der Waals surface area contributed by atoms with Gasteiger partial charge in [0.1, 0.15) is 5.60 Å². The number of ether oxygens (including phenoxy) is 1. The third-order valence-electron chi connectivity index (χ3n) is 2.79. The molecule has 0 unspecified atom stereocenters. The van der Waals surface area contributed by atoms with Crippen molar-refractivity contribution in [3.05, 3.63) is 36.4 Å². The minimum atomic E-state index is -4.31. The molecule has 0 heterocycles. The van der Waals surface area contributed by atoms with Gasteiger partial charge in [-0.2, -0.15) is 8.42 Å². The van der Waals surface area contributed by atoms with E-state index in [1.54, 1.807) is 45.0 Å². The minimum Gasteiger partial charge on any atom is -0.444 e. The first-order valence-electron chi connectivity index (χ1n) is 6.56. The maximum absolute atomic E-state index is 11.9. The summed E-state index contributed by atoms with van der Waals surface area (Å²) in [4.78, 5) is 11.6. The van der Waals surface area contributed by atoms with Crippen LogP contribution in [0, 0.1) is 0 Å². The average molecular weight is 323 g/mol. The fourth-order valence-corrected chi connectivity index (χ4v) is 2.44. The van der Waals surface area contributed by atoms with Crippen LogP contribution in [0.15, 0.2) is 41.3 Å². The van der Waals surface area contributed by atoms with Crippen LogP contribution in [0.1, 0.15) is 20.8 Å². The van der Waals surface area contributed by atoms with Crippen molar-refractivity contribution in [3.8, 4) is 0 Å². The van der Waals surface area contributed by atoms with Crippen LogP contribution < -0.4 is 5.32 Å². The van der Waals surface area contributed by atoms with E-state index < -0.39 is 21.8 Å². The summed E-state index contributed by atoms with van der Waals surface area (Å²) < 4.78 is 36.8. The van der Waals surface area contributed by atoms with E-state index >= 15 is 0 Å². The lowest BCUT2D eigenvalue weighted by Gasteiger charge is -2.20. The van der Waals surface area contributed by atoms with E-state index in [9.17, 15) is 13.2 Å². The van der Waals surface area contributed by atoms with Gasteiger partial charge in [0.15, 0.2) is 0 Å². The van der Waals surface area contributed by atoms with E-state index in [4.69, 9.17) is 9.29 Å². The van der Waals surface area contributed by atoms with Crippen molar-refractivity contribution in [2.24, 2.45) is 0 Å². The van der Waals surface area contributed by atoms with E-state index in [1.807, 2.05) is 0 Å². The predicted octanol–water partition coefficient (Wildman–Crippen LogP) is 3.43. The Bertz CT molecular complexity index is 821. The molecule has 7 heteroatoms. The fraction of sp³-hybridized carbons (Fsp3) is 0.267. The normalized spacial score (nSPS) is 12.2. The Hall–Kier alpha value is -2.12. The molecule has 0 fully saturated rings. The zero-order chi connectivity index (χ0) is 16.5. The Balaban J connectivity index is 2.43. The molecule has 2 aromatic carbocycles. The molecular formula is C15H17NO5S. The topological polar surface area (TPSA) is 92.7 Å². The van der Waals surface area contributed by atoms with Gasteiger partial charge in [0, 0.05) is 5.39 Å². The predicted molar refractivity (Wildman–Crippen MR) is 83.6 cm³/mol. The molecule has 0 aliphatic carbocycles. The lowest BCUT2D eigenvalue weighted by Crippen LogP contribution is -2.27. The Morgan fingerprint density at radius 2 is 1.86 bits per heavy atom. The summed E-state index contributed by atoms with van der Waals surface area (Å²) in [6, 6.07) is 9.27. The highest BCUT2D eigenvalue weighted by atomic mass is 32.2. The second-order valence-corrected chi connectivity index (χ2v) is 7.21. The summed E-state index contributed by atoms with van der Waals surface area (Å²) in [5.74, 6) is 0. The first-order valence-corrected chi connectivity index (χ1v) is 8.00. The number of benzene rings is 2. The van der Waals surface area contributed by atoms with E-state index in [2.05, 4.69) is 5.32 Å². The molecular weight excluding hydrogens is 306 g/mol. The fourth-order valence-electron chi connectivity index (χ4n) is 1.93. The van der Waals surface area contributed by atoms with Gasteiger partial charge in [-0.3, -0.25) is 9.87 Å². The van der Waals surface area contributed by atoms with Gasteiger partial charge in [-0.05, 0) is 44.4 Å². The van der Waals surface area contributed by atoms with Crippen LogP contribution in [-0.2, 0) is 14.9 Å². The molecule has 0 bridgehead atoms.